The highest BCUT2D eigenvalue weighted by Crippen LogP contribution is 2.40. The summed E-state index contributed by atoms with van der Waals surface area (Å²) in [5.74, 6) is 1.15. The second-order valence-electron chi connectivity index (χ2n) is 8.88. The van der Waals surface area contributed by atoms with Gasteiger partial charge >= 0.3 is 0 Å². The number of likely N-dealkylation sites (tertiary alicyclic amines) is 1. The van der Waals surface area contributed by atoms with Gasteiger partial charge < -0.3 is 10.2 Å². The van der Waals surface area contributed by atoms with Crippen LogP contribution in [-0.2, 0) is 4.79 Å². The fourth-order valence-corrected chi connectivity index (χ4v) is 4.72. The summed E-state index contributed by atoms with van der Waals surface area (Å²) in [6, 6.07) is 15.7. The zero-order chi connectivity index (χ0) is 23.5. The molecule has 6 heteroatoms. The molecule has 1 fully saturated rings. The van der Waals surface area contributed by atoms with Crippen molar-refractivity contribution in [1.82, 2.24) is 14.9 Å². The number of aromatic nitrogens is 2. The average Bonchev–Trinajstić information content (AvgIpc) is 3.44. The highest BCUT2D eigenvalue weighted by atomic mass is 16.2. The first kappa shape index (κ1) is 21.8. The van der Waals surface area contributed by atoms with Gasteiger partial charge in [-0.1, -0.05) is 36.4 Å². The number of rotatable bonds is 5. The minimum Gasteiger partial charge on any atom is -0.338 e. The van der Waals surface area contributed by atoms with Gasteiger partial charge in [-0.15, -0.1) is 0 Å². The van der Waals surface area contributed by atoms with Crippen molar-refractivity contribution in [2.75, 3.05) is 18.4 Å². The molecule has 2 atom stereocenters. The molecule has 0 bridgehead atoms. The van der Waals surface area contributed by atoms with E-state index in [-0.39, 0.29) is 11.8 Å². The number of benzene rings is 1. The van der Waals surface area contributed by atoms with E-state index in [0.29, 0.717) is 23.2 Å². The van der Waals surface area contributed by atoms with Crippen LogP contribution in [0.15, 0.2) is 79.3 Å². The van der Waals surface area contributed by atoms with Gasteiger partial charge in [0.1, 0.15) is 5.82 Å². The van der Waals surface area contributed by atoms with Gasteiger partial charge in [0.2, 0.25) is 5.91 Å². The second kappa shape index (κ2) is 9.43. The van der Waals surface area contributed by atoms with Crippen LogP contribution in [-0.4, -0.2) is 39.8 Å². The lowest BCUT2D eigenvalue weighted by molar-refractivity contribution is -0.125. The lowest BCUT2D eigenvalue weighted by atomic mass is 9.98. The lowest BCUT2D eigenvalue weighted by Gasteiger charge is -2.15. The Kier molecular flexibility index (Phi) is 6.04. The van der Waals surface area contributed by atoms with Crippen LogP contribution in [0.2, 0.25) is 0 Å². The minimum absolute atomic E-state index is 0.0254. The molecule has 1 saturated heterocycles. The van der Waals surface area contributed by atoms with Gasteiger partial charge in [0.25, 0.3) is 5.91 Å². The quantitative estimate of drug-likeness (QED) is 0.576. The summed E-state index contributed by atoms with van der Waals surface area (Å²) in [4.78, 5) is 35.3. The maximum atomic E-state index is 12.8. The number of pyridine rings is 2. The number of nitrogens with one attached hydrogen (secondary N) is 1. The summed E-state index contributed by atoms with van der Waals surface area (Å²) in [5.41, 5.74) is 4.93. The van der Waals surface area contributed by atoms with Crippen molar-refractivity contribution in [2.24, 2.45) is 11.8 Å². The van der Waals surface area contributed by atoms with Crippen LogP contribution in [0.4, 0.5) is 5.82 Å². The summed E-state index contributed by atoms with van der Waals surface area (Å²) < 4.78 is 0. The van der Waals surface area contributed by atoms with Crippen molar-refractivity contribution in [1.29, 1.82) is 0 Å². The summed E-state index contributed by atoms with van der Waals surface area (Å²) >= 11 is 0. The van der Waals surface area contributed by atoms with E-state index in [1.54, 1.807) is 42.7 Å². The summed E-state index contributed by atoms with van der Waals surface area (Å²) in [6.07, 6.45) is 11.6. The number of hydrogen-bond acceptors (Lipinski definition) is 4. The number of nitrogens with zero attached hydrogens (tertiary/aromatic N) is 3. The van der Waals surface area contributed by atoms with Crippen molar-refractivity contribution in [3.05, 3.63) is 102 Å². The molecule has 2 aliphatic rings. The third-order valence-electron chi connectivity index (χ3n) is 6.57. The Morgan fingerprint density at radius 3 is 2.68 bits per heavy atom. The monoisotopic (exact) mass is 450 g/mol. The topological polar surface area (TPSA) is 75.2 Å². The molecule has 2 amide bonds. The standard InChI is InChI=1S/C28H26N4O2/c1-19-12-26(31-28(34)22-8-5-11-29-15-22)30-16-21(19)9-10-27(33)32-17-24-13-23(14-25(24)18-32)20-6-3-2-4-7-20/h2-13,15-16,24-25H,14,17-18H2,1H3,(H,30,31,34)/b10-9+. The van der Waals surface area contributed by atoms with Crippen LogP contribution in [0.1, 0.15) is 33.5 Å². The fraction of sp³-hybridized carbons (Fsp3) is 0.214. The van der Waals surface area contributed by atoms with E-state index in [1.807, 2.05) is 17.9 Å². The van der Waals surface area contributed by atoms with Crippen molar-refractivity contribution in [3.8, 4) is 0 Å². The van der Waals surface area contributed by atoms with Crippen LogP contribution in [0.5, 0.6) is 0 Å². The summed E-state index contributed by atoms with van der Waals surface area (Å²) in [7, 11) is 0. The van der Waals surface area contributed by atoms with Crippen LogP contribution < -0.4 is 5.32 Å². The molecule has 2 unspecified atom stereocenters. The molecule has 1 aliphatic heterocycles. The zero-order valence-corrected chi connectivity index (χ0v) is 19.0. The van der Waals surface area contributed by atoms with Crippen LogP contribution >= 0.6 is 0 Å². The Labute approximate surface area is 199 Å². The van der Waals surface area contributed by atoms with E-state index in [2.05, 4.69) is 45.6 Å². The van der Waals surface area contributed by atoms with E-state index in [9.17, 15) is 9.59 Å². The number of anilines is 1. The van der Waals surface area contributed by atoms with Crippen molar-refractivity contribution in [3.63, 3.8) is 0 Å². The largest absolute Gasteiger partial charge is 0.338 e. The Hall–Kier alpha value is -4.06. The molecule has 3 heterocycles. The lowest BCUT2D eigenvalue weighted by Crippen LogP contribution is -2.27. The smallest absolute Gasteiger partial charge is 0.258 e. The molecule has 0 saturated carbocycles. The molecule has 1 aromatic carbocycles. The second-order valence-corrected chi connectivity index (χ2v) is 8.88. The van der Waals surface area contributed by atoms with Crippen molar-refractivity contribution < 1.29 is 9.59 Å². The molecule has 3 aromatic rings. The molecule has 6 nitrogen and oxygen atoms in total. The third kappa shape index (κ3) is 4.66. The first-order valence-electron chi connectivity index (χ1n) is 11.5. The number of hydrogen-bond donors (Lipinski definition) is 1. The number of amides is 2. The van der Waals surface area contributed by atoms with Gasteiger partial charge in [0, 0.05) is 37.8 Å². The van der Waals surface area contributed by atoms with E-state index >= 15 is 0 Å². The number of allylic oxidation sites excluding steroid dienone is 1. The fourth-order valence-electron chi connectivity index (χ4n) is 4.72. The Morgan fingerprint density at radius 2 is 1.94 bits per heavy atom. The molecule has 0 radical (unpaired) electrons. The number of carbonyl (C=O) groups excluding carboxylic acids is 2. The minimum atomic E-state index is -0.262. The highest BCUT2D eigenvalue weighted by Gasteiger charge is 2.37. The van der Waals surface area contributed by atoms with E-state index < -0.39 is 0 Å². The summed E-state index contributed by atoms with van der Waals surface area (Å²) in [5, 5.41) is 2.78. The first-order chi connectivity index (χ1) is 16.6. The molecular weight excluding hydrogens is 424 g/mol. The number of aryl methyl sites for hydroxylation is 1. The van der Waals surface area contributed by atoms with Gasteiger partial charge in [-0.2, -0.15) is 0 Å². The SMILES string of the molecule is Cc1cc(NC(=O)c2cccnc2)ncc1/C=C/C(=O)N1CC2C=C(c3ccccc3)CC2C1. The predicted molar refractivity (Wildman–Crippen MR) is 133 cm³/mol. The number of fused-ring (bicyclic) bond motifs is 1. The van der Waals surface area contributed by atoms with E-state index in [0.717, 1.165) is 30.6 Å². The normalized spacial score (nSPS) is 19.2. The molecule has 1 aliphatic carbocycles. The maximum absolute atomic E-state index is 12.8. The van der Waals surface area contributed by atoms with E-state index in [1.165, 1.54) is 17.3 Å². The van der Waals surface area contributed by atoms with Crippen LogP contribution in [0.3, 0.4) is 0 Å². The van der Waals surface area contributed by atoms with Gasteiger partial charge in [0.15, 0.2) is 0 Å². The molecule has 2 aromatic heterocycles. The molecule has 0 spiro atoms. The third-order valence-corrected chi connectivity index (χ3v) is 6.57. The highest BCUT2D eigenvalue weighted by molar-refractivity contribution is 6.03. The van der Waals surface area contributed by atoms with Gasteiger partial charge in [-0.05, 0) is 71.7 Å². The first-order valence-corrected chi connectivity index (χ1v) is 11.5. The zero-order valence-electron chi connectivity index (χ0n) is 19.0. The Balaban J connectivity index is 1.19. The summed E-state index contributed by atoms with van der Waals surface area (Å²) in [6.45, 7) is 3.49. The average molecular weight is 451 g/mol. The Bertz CT molecular complexity index is 1270. The van der Waals surface area contributed by atoms with Crippen molar-refractivity contribution >= 4 is 29.3 Å². The van der Waals surface area contributed by atoms with Gasteiger partial charge in [0.05, 0.1) is 5.56 Å². The molecular formula is C28H26N4O2. The molecule has 1 N–H and O–H groups in total. The number of carbonyl (C=O) groups is 2. The Morgan fingerprint density at radius 1 is 1.09 bits per heavy atom. The molecule has 5 rings (SSSR count). The molecule has 34 heavy (non-hydrogen) atoms. The van der Waals surface area contributed by atoms with E-state index in [4.69, 9.17) is 0 Å². The van der Waals surface area contributed by atoms with Crippen LogP contribution in [0, 0.1) is 18.8 Å². The van der Waals surface area contributed by atoms with Gasteiger partial charge in [-0.25, -0.2) is 4.98 Å². The van der Waals surface area contributed by atoms with Crippen LogP contribution in [0.25, 0.3) is 11.6 Å². The molecule has 170 valence electrons. The van der Waals surface area contributed by atoms with Crippen molar-refractivity contribution in [2.45, 2.75) is 13.3 Å². The maximum Gasteiger partial charge on any atom is 0.258 e. The predicted octanol–water partition coefficient (Wildman–Crippen LogP) is 4.61. The van der Waals surface area contributed by atoms with Gasteiger partial charge in [-0.3, -0.25) is 14.6 Å².